The Labute approximate surface area is 199 Å². The maximum Gasteiger partial charge on any atom is 0.265 e. The second-order valence-corrected chi connectivity index (χ2v) is 10.4. The zero-order chi connectivity index (χ0) is 23.8. The maximum absolute atomic E-state index is 12.9. The van der Waals surface area contributed by atoms with Gasteiger partial charge in [-0.25, -0.2) is 13.1 Å². The number of morpholine rings is 1. The van der Waals surface area contributed by atoms with Crippen LogP contribution < -0.4 is 24.4 Å². The molecule has 33 heavy (non-hydrogen) atoms. The van der Waals surface area contributed by atoms with E-state index in [0.29, 0.717) is 54.9 Å². The van der Waals surface area contributed by atoms with E-state index in [1.807, 2.05) is 32.0 Å². The summed E-state index contributed by atoms with van der Waals surface area (Å²) in [5.41, 5.74) is 1.45. The minimum Gasteiger partial charge on any atom is -0.492 e. The number of anilines is 2. The van der Waals surface area contributed by atoms with E-state index in [4.69, 9.17) is 14.2 Å². The quantitative estimate of drug-likeness (QED) is 0.492. The third-order valence-corrected chi connectivity index (χ3v) is 6.75. The molecule has 1 fully saturated rings. The lowest BCUT2D eigenvalue weighted by atomic mass is 10.2. The first-order chi connectivity index (χ1) is 15.8. The standard InChI is InChI=1S/C22H31N3O6S2/c1-4-30-19-15-18(25-10-12-29-13-11-25)20(31-5-2)14-17(19)24-22(26)21-7-6-16(32-21)8-9-23-33(3,27)28/h6-7,14-15,23H,4-5,8-13H2,1-3H3,(H,24,26). The number of benzene rings is 1. The van der Waals surface area contributed by atoms with Crippen LogP contribution in [-0.2, 0) is 21.2 Å². The summed E-state index contributed by atoms with van der Waals surface area (Å²) in [6, 6.07) is 7.29. The molecule has 1 amide bonds. The number of rotatable bonds is 11. The van der Waals surface area contributed by atoms with Gasteiger partial charge < -0.3 is 24.4 Å². The summed E-state index contributed by atoms with van der Waals surface area (Å²) >= 11 is 1.33. The molecule has 2 heterocycles. The average molecular weight is 498 g/mol. The molecular weight excluding hydrogens is 466 g/mol. The Balaban J connectivity index is 1.78. The molecule has 1 saturated heterocycles. The van der Waals surface area contributed by atoms with Gasteiger partial charge in [0.2, 0.25) is 10.0 Å². The summed E-state index contributed by atoms with van der Waals surface area (Å²) in [4.78, 5) is 16.6. The molecule has 182 valence electrons. The van der Waals surface area contributed by atoms with Crippen LogP contribution in [0.15, 0.2) is 24.3 Å². The lowest BCUT2D eigenvalue weighted by molar-refractivity contribution is 0.103. The van der Waals surface area contributed by atoms with Crippen LogP contribution in [0.5, 0.6) is 11.5 Å². The SMILES string of the molecule is CCOc1cc(N2CCOCC2)c(OCC)cc1NC(=O)c1ccc(CCNS(C)(=O)=O)s1. The molecule has 0 radical (unpaired) electrons. The monoisotopic (exact) mass is 497 g/mol. The maximum atomic E-state index is 12.9. The minimum absolute atomic E-state index is 0.259. The van der Waals surface area contributed by atoms with Gasteiger partial charge >= 0.3 is 0 Å². The van der Waals surface area contributed by atoms with Gasteiger partial charge in [0, 0.05) is 36.6 Å². The molecule has 0 aliphatic carbocycles. The van der Waals surface area contributed by atoms with Crippen molar-refractivity contribution in [2.24, 2.45) is 0 Å². The molecule has 0 saturated carbocycles. The fourth-order valence-electron chi connectivity index (χ4n) is 3.42. The summed E-state index contributed by atoms with van der Waals surface area (Å²) < 4.78 is 42.1. The van der Waals surface area contributed by atoms with E-state index in [0.717, 1.165) is 29.9 Å². The molecule has 9 nitrogen and oxygen atoms in total. The summed E-state index contributed by atoms with van der Waals surface area (Å²) in [6.07, 6.45) is 1.63. The number of hydrogen-bond donors (Lipinski definition) is 2. The van der Waals surface area contributed by atoms with Gasteiger partial charge in [-0.05, 0) is 32.4 Å². The first-order valence-electron chi connectivity index (χ1n) is 10.9. The molecule has 1 aliphatic heterocycles. The fourth-order valence-corrected chi connectivity index (χ4v) is 4.80. The normalized spacial score (nSPS) is 14.2. The molecule has 1 aliphatic rings. The lowest BCUT2D eigenvalue weighted by Gasteiger charge is -2.31. The first-order valence-corrected chi connectivity index (χ1v) is 13.6. The third-order valence-electron chi connectivity index (χ3n) is 4.88. The Hall–Kier alpha value is -2.34. The molecule has 2 aromatic rings. The number of carbonyl (C=O) groups excluding carboxylic acids is 1. The van der Waals surface area contributed by atoms with Crippen LogP contribution >= 0.6 is 11.3 Å². The number of carbonyl (C=O) groups is 1. The van der Waals surface area contributed by atoms with Crippen LogP contribution in [0.25, 0.3) is 0 Å². The van der Waals surface area contributed by atoms with Crippen molar-refractivity contribution in [3.63, 3.8) is 0 Å². The van der Waals surface area contributed by atoms with Crippen molar-refractivity contribution >= 4 is 38.6 Å². The van der Waals surface area contributed by atoms with E-state index in [1.54, 1.807) is 6.07 Å². The van der Waals surface area contributed by atoms with E-state index in [1.165, 1.54) is 11.3 Å². The molecule has 0 bridgehead atoms. The molecule has 1 aromatic carbocycles. The summed E-state index contributed by atoms with van der Waals surface area (Å²) in [6.45, 7) is 7.85. The second-order valence-electron chi connectivity index (χ2n) is 7.42. The topological polar surface area (TPSA) is 106 Å². The van der Waals surface area contributed by atoms with E-state index < -0.39 is 10.0 Å². The van der Waals surface area contributed by atoms with Crippen molar-refractivity contribution in [3.8, 4) is 11.5 Å². The minimum atomic E-state index is -3.24. The van der Waals surface area contributed by atoms with Crippen molar-refractivity contribution in [3.05, 3.63) is 34.0 Å². The van der Waals surface area contributed by atoms with Gasteiger partial charge in [-0.3, -0.25) is 4.79 Å². The molecular formula is C22H31N3O6S2. The molecule has 1 aromatic heterocycles. The highest BCUT2D eigenvalue weighted by Crippen LogP contribution is 2.39. The first kappa shape index (κ1) is 25.3. The van der Waals surface area contributed by atoms with Gasteiger partial charge in [-0.2, -0.15) is 0 Å². The van der Waals surface area contributed by atoms with E-state index in [9.17, 15) is 13.2 Å². The van der Waals surface area contributed by atoms with E-state index >= 15 is 0 Å². The number of thiophene rings is 1. The van der Waals surface area contributed by atoms with Crippen LogP contribution in [0.3, 0.4) is 0 Å². The van der Waals surface area contributed by atoms with Crippen LogP contribution in [0.1, 0.15) is 28.4 Å². The van der Waals surface area contributed by atoms with Crippen molar-refractivity contribution in [1.29, 1.82) is 0 Å². The largest absolute Gasteiger partial charge is 0.492 e. The predicted octanol–water partition coefficient (Wildman–Crippen LogP) is 2.73. The Bertz CT molecular complexity index is 1050. The second kappa shape index (κ2) is 11.7. The highest BCUT2D eigenvalue weighted by molar-refractivity contribution is 7.88. The summed E-state index contributed by atoms with van der Waals surface area (Å²) in [7, 11) is -3.24. The molecule has 0 atom stereocenters. The number of hydrogen-bond acceptors (Lipinski definition) is 8. The summed E-state index contributed by atoms with van der Waals surface area (Å²) in [5, 5.41) is 2.95. The fraction of sp³-hybridized carbons (Fsp3) is 0.500. The predicted molar refractivity (Wildman–Crippen MR) is 131 cm³/mol. The Morgan fingerprint density at radius 2 is 1.82 bits per heavy atom. The highest BCUT2D eigenvalue weighted by Gasteiger charge is 2.21. The average Bonchev–Trinajstić information content (AvgIpc) is 3.24. The van der Waals surface area contributed by atoms with Gasteiger partial charge in [0.1, 0.15) is 11.5 Å². The molecule has 3 rings (SSSR count). The van der Waals surface area contributed by atoms with Gasteiger partial charge in [-0.1, -0.05) is 0 Å². The van der Waals surface area contributed by atoms with Gasteiger partial charge in [-0.15, -0.1) is 11.3 Å². The van der Waals surface area contributed by atoms with Gasteiger partial charge in [0.05, 0.1) is 48.9 Å². The van der Waals surface area contributed by atoms with E-state index in [2.05, 4.69) is 14.9 Å². The summed E-state index contributed by atoms with van der Waals surface area (Å²) in [5.74, 6) is 0.992. The molecule has 0 unspecified atom stereocenters. The van der Waals surface area contributed by atoms with Crippen LogP contribution in [-0.4, -0.2) is 66.6 Å². The van der Waals surface area contributed by atoms with Crippen molar-refractivity contribution in [2.75, 3.05) is 62.5 Å². The zero-order valence-corrected chi connectivity index (χ0v) is 20.8. The van der Waals surface area contributed by atoms with Crippen molar-refractivity contribution in [2.45, 2.75) is 20.3 Å². The Kier molecular flexibility index (Phi) is 8.95. The zero-order valence-electron chi connectivity index (χ0n) is 19.2. The van der Waals surface area contributed by atoms with Crippen LogP contribution in [0, 0.1) is 0 Å². The number of nitrogens with one attached hydrogen (secondary N) is 2. The highest BCUT2D eigenvalue weighted by atomic mass is 32.2. The lowest BCUT2D eigenvalue weighted by Crippen LogP contribution is -2.36. The van der Waals surface area contributed by atoms with Gasteiger partial charge in [0.25, 0.3) is 5.91 Å². The number of ether oxygens (including phenoxy) is 3. The number of nitrogens with zero attached hydrogens (tertiary/aromatic N) is 1. The Morgan fingerprint density at radius 3 is 2.48 bits per heavy atom. The number of amides is 1. The molecule has 2 N–H and O–H groups in total. The number of sulfonamides is 1. The smallest absolute Gasteiger partial charge is 0.265 e. The van der Waals surface area contributed by atoms with Crippen molar-refractivity contribution in [1.82, 2.24) is 4.72 Å². The van der Waals surface area contributed by atoms with Gasteiger partial charge in [0.15, 0.2) is 0 Å². The van der Waals surface area contributed by atoms with Crippen molar-refractivity contribution < 1.29 is 27.4 Å². The Morgan fingerprint density at radius 1 is 1.12 bits per heavy atom. The molecule has 0 spiro atoms. The van der Waals surface area contributed by atoms with Crippen LogP contribution in [0.4, 0.5) is 11.4 Å². The van der Waals surface area contributed by atoms with E-state index in [-0.39, 0.29) is 12.5 Å². The molecule has 11 heteroatoms. The van der Waals surface area contributed by atoms with Crippen LogP contribution in [0.2, 0.25) is 0 Å². The third kappa shape index (κ3) is 7.32.